The Bertz CT molecular complexity index is 551. The largest absolute Gasteiger partial charge is 0.462 e. The number of para-hydroxylation sites is 1. The summed E-state index contributed by atoms with van der Waals surface area (Å²) in [7, 11) is 0. The van der Waals surface area contributed by atoms with Crippen LogP contribution in [0.25, 0.3) is 16.7 Å². The SMILES string of the molecule is c1cc(-n2cccn2)c2occc2c1. The van der Waals surface area contributed by atoms with Crippen LogP contribution in [0.15, 0.2) is 53.4 Å². The fourth-order valence-corrected chi connectivity index (χ4v) is 1.57. The number of hydrogen-bond acceptors (Lipinski definition) is 2. The molecule has 2 heterocycles. The molecule has 0 fully saturated rings. The maximum Gasteiger partial charge on any atom is 0.159 e. The highest BCUT2D eigenvalue weighted by Gasteiger charge is 2.04. The number of rotatable bonds is 1. The van der Waals surface area contributed by atoms with Crippen LogP contribution in [0.1, 0.15) is 0 Å². The van der Waals surface area contributed by atoms with Crippen molar-refractivity contribution in [3.8, 4) is 5.69 Å². The van der Waals surface area contributed by atoms with E-state index in [0.29, 0.717) is 0 Å². The maximum atomic E-state index is 5.41. The van der Waals surface area contributed by atoms with Crippen molar-refractivity contribution in [2.24, 2.45) is 0 Å². The first-order chi connectivity index (χ1) is 6.95. The van der Waals surface area contributed by atoms with Crippen molar-refractivity contribution in [2.45, 2.75) is 0 Å². The maximum absolute atomic E-state index is 5.41. The standard InChI is InChI=1S/C11H8N2O/c1-3-9-5-8-14-11(9)10(4-1)13-7-2-6-12-13/h1-8H. The van der Waals surface area contributed by atoms with E-state index in [2.05, 4.69) is 5.10 Å². The lowest BCUT2D eigenvalue weighted by Gasteiger charge is -2.00. The van der Waals surface area contributed by atoms with Crippen molar-refractivity contribution in [2.75, 3.05) is 0 Å². The van der Waals surface area contributed by atoms with Gasteiger partial charge in [0, 0.05) is 17.8 Å². The molecular formula is C11H8N2O. The Morgan fingerprint density at radius 1 is 1.14 bits per heavy atom. The average Bonchev–Trinajstić information content (AvgIpc) is 2.88. The molecule has 0 radical (unpaired) electrons. The summed E-state index contributed by atoms with van der Waals surface area (Å²) in [5, 5.41) is 5.27. The van der Waals surface area contributed by atoms with Crippen molar-refractivity contribution >= 4 is 11.0 Å². The first kappa shape index (κ1) is 7.38. The third kappa shape index (κ3) is 0.956. The molecule has 3 heteroatoms. The van der Waals surface area contributed by atoms with Crippen LogP contribution in [0.3, 0.4) is 0 Å². The Labute approximate surface area is 80.6 Å². The summed E-state index contributed by atoms with van der Waals surface area (Å²) >= 11 is 0. The number of aromatic nitrogens is 2. The number of fused-ring (bicyclic) bond motifs is 1. The third-order valence-corrected chi connectivity index (χ3v) is 2.21. The summed E-state index contributed by atoms with van der Waals surface area (Å²) in [6.45, 7) is 0. The Balaban J connectivity index is 2.36. The molecular weight excluding hydrogens is 176 g/mol. The van der Waals surface area contributed by atoms with E-state index >= 15 is 0 Å². The molecule has 68 valence electrons. The molecule has 0 bridgehead atoms. The fraction of sp³-hybridized carbons (Fsp3) is 0. The van der Waals surface area contributed by atoms with Crippen LogP contribution in [-0.2, 0) is 0 Å². The van der Waals surface area contributed by atoms with Crippen LogP contribution in [0, 0.1) is 0 Å². The Morgan fingerprint density at radius 3 is 3.00 bits per heavy atom. The Kier molecular flexibility index (Phi) is 1.44. The second kappa shape index (κ2) is 2.73. The predicted octanol–water partition coefficient (Wildman–Crippen LogP) is 2.62. The van der Waals surface area contributed by atoms with E-state index in [9.17, 15) is 0 Å². The molecule has 0 amide bonds. The summed E-state index contributed by atoms with van der Waals surface area (Å²) in [6, 6.07) is 9.84. The van der Waals surface area contributed by atoms with Gasteiger partial charge >= 0.3 is 0 Å². The predicted molar refractivity (Wildman–Crippen MR) is 53.3 cm³/mol. The van der Waals surface area contributed by atoms with Gasteiger partial charge < -0.3 is 4.42 Å². The minimum Gasteiger partial charge on any atom is -0.462 e. The number of furan rings is 1. The van der Waals surface area contributed by atoms with Gasteiger partial charge in [0.05, 0.1) is 6.26 Å². The molecule has 0 aliphatic heterocycles. The monoisotopic (exact) mass is 184 g/mol. The lowest BCUT2D eigenvalue weighted by Crippen LogP contribution is -1.93. The highest BCUT2D eigenvalue weighted by atomic mass is 16.3. The highest BCUT2D eigenvalue weighted by Crippen LogP contribution is 2.22. The molecule has 0 aliphatic rings. The topological polar surface area (TPSA) is 31.0 Å². The summed E-state index contributed by atoms with van der Waals surface area (Å²) in [5.74, 6) is 0. The van der Waals surface area contributed by atoms with Gasteiger partial charge in [0.15, 0.2) is 5.58 Å². The Hall–Kier alpha value is -2.03. The van der Waals surface area contributed by atoms with E-state index in [1.165, 1.54) is 0 Å². The molecule has 0 spiro atoms. The molecule has 0 saturated heterocycles. The first-order valence-corrected chi connectivity index (χ1v) is 4.41. The lowest BCUT2D eigenvalue weighted by atomic mass is 10.2. The Morgan fingerprint density at radius 2 is 2.14 bits per heavy atom. The van der Waals surface area contributed by atoms with E-state index < -0.39 is 0 Å². The van der Waals surface area contributed by atoms with Gasteiger partial charge in [0.2, 0.25) is 0 Å². The van der Waals surface area contributed by atoms with Crippen molar-refractivity contribution < 1.29 is 4.42 Å². The quantitative estimate of drug-likeness (QED) is 0.582. The highest BCUT2D eigenvalue weighted by molar-refractivity contribution is 5.84. The van der Waals surface area contributed by atoms with E-state index in [-0.39, 0.29) is 0 Å². The zero-order chi connectivity index (χ0) is 9.38. The van der Waals surface area contributed by atoms with Crippen LogP contribution in [-0.4, -0.2) is 9.78 Å². The van der Waals surface area contributed by atoms with Gasteiger partial charge in [-0.3, -0.25) is 0 Å². The van der Waals surface area contributed by atoms with E-state index in [0.717, 1.165) is 16.7 Å². The molecule has 1 aromatic carbocycles. The summed E-state index contributed by atoms with van der Waals surface area (Å²) < 4.78 is 7.21. The van der Waals surface area contributed by atoms with Crippen LogP contribution in [0.4, 0.5) is 0 Å². The fourth-order valence-electron chi connectivity index (χ4n) is 1.57. The van der Waals surface area contributed by atoms with E-state index in [1.807, 2.05) is 36.5 Å². The zero-order valence-corrected chi connectivity index (χ0v) is 7.42. The normalized spacial score (nSPS) is 10.9. The third-order valence-electron chi connectivity index (χ3n) is 2.21. The van der Waals surface area contributed by atoms with Gasteiger partial charge in [-0.2, -0.15) is 5.10 Å². The number of hydrogen-bond donors (Lipinski definition) is 0. The van der Waals surface area contributed by atoms with Crippen LogP contribution in [0.2, 0.25) is 0 Å². The molecule has 0 N–H and O–H groups in total. The molecule has 0 saturated carbocycles. The van der Waals surface area contributed by atoms with E-state index in [1.54, 1.807) is 17.1 Å². The number of benzene rings is 1. The van der Waals surface area contributed by atoms with Crippen molar-refractivity contribution in [3.63, 3.8) is 0 Å². The minimum atomic E-state index is 0.871. The van der Waals surface area contributed by atoms with E-state index in [4.69, 9.17) is 4.42 Å². The molecule has 14 heavy (non-hydrogen) atoms. The van der Waals surface area contributed by atoms with Crippen LogP contribution in [0.5, 0.6) is 0 Å². The van der Waals surface area contributed by atoms with Crippen molar-refractivity contribution in [3.05, 3.63) is 49.0 Å². The molecule has 2 aromatic heterocycles. The average molecular weight is 184 g/mol. The summed E-state index contributed by atoms with van der Waals surface area (Å²) in [4.78, 5) is 0. The molecule has 0 unspecified atom stereocenters. The molecule has 3 nitrogen and oxygen atoms in total. The minimum absolute atomic E-state index is 0.871. The molecule has 3 aromatic rings. The van der Waals surface area contributed by atoms with Gasteiger partial charge in [-0.05, 0) is 18.2 Å². The van der Waals surface area contributed by atoms with Crippen LogP contribution >= 0.6 is 0 Å². The second-order valence-electron chi connectivity index (χ2n) is 3.07. The summed E-state index contributed by atoms with van der Waals surface area (Å²) in [5.41, 5.74) is 1.84. The number of nitrogens with zero attached hydrogens (tertiary/aromatic N) is 2. The van der Waals surface area contributed by atoms with Gasteiger partial charge in [0.1, 0.15) is 5.69 Å². The molecule has 3 rings (SSSR count). The van der Waals surface area contributed by atoms with Gasteiger partial charge in [0.25, 0.3) is 0 Å². The van der Waals surface area contributed by atoms with Gasteiger partial charge in [-0.1, -0.05) is 12.1 Å². The smallest absolute Gasteiger partial charge is 0.159 e. The van der Waals surface area contributed by atoms with Gasteiger partial charge in [-0.25, -0.2) is 4.68 Å². The van der Waals surface area contributed by atoms with Crippen LogP contribution < -0.4 is 0 Å². The van der Waals surface area contributed by atoms with Crippen molar-refractivity contribution in [1.29, 1.82) is 0 Å². The molecule has 0 atom stereocenters. The van der Waals surface area contributed by atoms with Gasteiger partial charge in [-0.15, -0.1) is 0 Å². The second-order valence-corrected chi connectivity index (χ2v) is 3.07. The van der Waals surface area contributed by atoms with Crippen molar-refractivity contribution in [1.82, 2.24) is 9.78 Å². The summed E-state index contributed by atoms with van der Waals surface area (Å²) in [6.07, 6.45) is 5.34. The first-order valence-electron chi connectivity index (χ1n) is 4.41. The lowest BCUT2D eigenvalue weighted by molar-refractivity contribution is 0.611. The molecule has 0 aliphatic carbocycles. The zero-order valence-electron chi connectivity index (χ0n) is 7.42.